The summed E-state index contributed by atoms with van der Waals surface area (Å²) in [5.74, 6) is -0.299. The van der Waals surface area contributed by atoms with Crippen molar-refractivity contribution in [3.05, 3.63) is 12.2 Å². The number of esters is 1. The molecule has 22 heavy (non-hydrogen) atoms. The van der Waals surface area contributed by atoms with E-state index in [0.717, 1.165) is 6.04 Å². The van der Waals surface area contributed by atoms with Crippen molar-refractivity contribution in [3.63, 3.8) is 0 Å². The van der Waals surface area contributed by atoms with Gasteiger partial charge in [0.1, 0.15) is 12.2 Å². The number of ketones is 1. The molecule has 1 atom stereocenters. The Bertz CT molecular complexity index is 413. The highest BCUT2D eigenvalue weighted by Gasteiger charge is 2.40. The van der Waals surface area contributed by atoms with Gasteiger partial charge in [-0.2, -0.15) is 0 Å². The molecular weight excluding hydrogens is 300 g/mol. The molecule has 1 unspecified atom stereocenters. The lowest BCUT2D eigenvalue weighted by Gasteiger charge is -2.30. The van der Waals surface area contributed by atoms with Crippen molar-refractivity contribution in [1.82, 2.24) is 0 Å². The van der Waals surface area contributed by atoms with Crippen LogP contribution in [-0.4, -0.2) is 46.4 Å². The van der Waals surface area contributed by atoms with Gasteiger partial charge in [0.05, 0.1) is 13.2 Å². The summed E-state index contributed by atoms with van der Waals surface area (Å²) in [5.41, 5.74) is -0.855. The SMILES string of the molecule is CCOC(=O)C1(COCOCC[Si](C)(C)C)C=CC(=O)CC1. The molecular formula is C16H28O5Si. The minimum Gasteiger partial charge on any atom is -0.465 e. The quantitative estimate of drug-likeness (QED) is 0.282. The number of hydrogen-bond acceptors (Lipinski definition) is 5. The van der Waals surface area contributed by atoms with Crippen molar-refractivity contribution in [1.29, 1.82) is 0 Å². The zero-order chi connectivity index (χ0) is 16.6. The van der Waals surface area contributed by atoms with E-state index in [2.05, 4.69) is 19.6 Å². The van der Waals surface area contributed by atoms with Gasteiger partial charge in [0.2, 0.25) is 0 Å². The summed E-state index contributed by atoms with van der Waals surface area (Å²) in [6.07, 6.45) is 3.85. The molecule has 0 N–H and O–H groups in total. The first-order valence-corrected chi connectivity index (χ1v) is 11.5. The van der Waals surface area contributed by atoms with Crippen molar-refractivity contribution in [2.75, 3.05) is 26.6 Å². The number of allylic oxidation sites excluding steroid dienone is 1. The molecule has 0 amide bonds. The van der Waals surface area contributed by atoms with Crippen molar-refractivity contribution < 1.29 is 23.8 Å². The first-order chi connectivity index (χ1) is 10.3. The maximum atomic E-state index is 12.2. The van der Waals surface area contributed by atoms with Crippen LogP contribution in [0.5, 0.6) is 0 Å². The van der Waals surface area contributed by atoms with E-state index in [1.807, 2.05) is 0 Å². The summed E-state index contributed by atoms with van der Waals surface area (Å²) in [6.45, 7) is 9.97. The molecule has 0 radical (unpaired) electrons. The molecule has 0 saturated carbocycles. The first-order valence-electron chi connectivity index (χ1n) is 7.84. The third-order valence-corrected chi connectivity index (χ3v) is 5.31. The fourth-order valence-electron chi connectivity index (χ4n) is 2.11. The normalized spacial score (nSPS) is 21.9. The van der Waals surface area contributed by atoms with Gasteiger partial charge in [-0.15, -0.1) is 0 Å². The lowest BCUT2D eigenvalue weighted by Crippen LogP contribution is -2.38. The van der Waals surface area contributed by atoms with Crippen LogP contribution in [0.2, 0.25) is 25.7 Å². The number of carbonyl (C=O) groups is 2. The van der Waals surface area contributed by atoms with Crippen LogP contribution < -0.4 is 0 Å². The van der Waals surface area contributed by atoms with Gasteiger partial charge in [-0.25, -0.2) is 0 Å². The fourth-order valence-corrected chi connectivity index (χ4v) is 2.87. The molecule has 0 aromatic carbocycles. The Morgan fingerprint density at radius 2 is 2.05 bits per heavy atom. The van der Waals surface area contributed by atoms with Crippen LogP contribution in [0.1, 0.15) is 19.8 Å². The van der Waals surface area contributed by atoms with Gasteiger partial charge >= 0.3 is 5.97 Å². The van der Waals surface area contributed by atoms with Crippen LogP contribution in [0.3, 0.4) is 0 Å². The van der Waals surface area contributed by atoms with Crippen LogP contribution in [0.25, 0.3) is 0 Å². The largest absolute Gasteiger partial charge is 0.465 e. The molecule has 1 aliphatic carbocycles. The Hall–Kier alpha value is -0.983. The predicted molar refractivity (Wildman–Crippen MR) is 87.4 cm³/mol. The zero-order valence-electron chi connectivity index (χ0n) is 14.1. The molecule has 1 aliphatic rings. The highest BCUT2D eigenvalue weighted by atomic mass is 28.3. The molecule has 6 heteroatoms. The third-order valence-electron chi connectivity index (χ3n) is 3.61. The van der Waals surface area contributed by atoms with E-state index in [1.54, 1.807) is 13.0 Å². The first kappa shape index (κ1) is 19.1. The molecule has 0 aromatic rings. The number of carbonyl (C=O) groups excluding carboxylic acids is 2. The zero-order valence-corrected chi connectivity index (χ0v) is 15.1. The van der Waals surface area contributed by atoms with Gasteiger partial charge < -0.3 is 14.2 Å². The molecule has 0 heterocycles. The van der Waals surface area contributed by atoms with E-state index in [4.69, 9.17) is 14.2 Å². The average Bonchev–Trinajstić information content (AvgIpc) is 2.44. The summed E-state index contributed by atoms with van der Waals surface area (Å²) in [4.78, 5) is 23.5. The highest BCUT2D eigenvalue weighted by molar-refractivity contribution is 6.76. The van der Waals surface area contributed by atoms with Crippen molar-refractivity contribution in [2.24, 2.45) is 5.41 Å². The molecule has 0 saturated heterocycles. The number of ether oxygens (including phenoxy) is 3. The van der Waals surface area contributed by atoms with E-state index < -0.39 is 13.5 Å². The second kappa shape index (κ2) is 8.60. The van der Waals surface area contributed by atoms with Crippen molar-refractivity contribution in [3.8, 4) is 0 Å². The molecule has 0 aliphatic heterocycles. The predicted octanol–water partition coefficient (Wildman–Crippen LogP) is 2.78. The third kappa shape index (κ3) is 6.42. The lowest BCUT2D eigenvalue weighted by molar-refractivity contribution is -0.160. The number of hydrogen-bond donors (Lipinski definition) is 0. The van der Waals surface area contributed by atoms with Crippen LogP contribution in [-0.2, 0) is 23.8 Å². The second-order valence-electron chi connectivity index (χ2n) is 6.86. The smallest absolute Gasteiger partial charge is 0.318 e. The van der Waals surface area contributed by atoms with Gasteiger partial charge in [-0.05, 0) is 25.5 Å². The van der Waals surface area contributed by atoms with E-state index in [-0.39, 0.29) is 25.2 Å². The Morgan fingerprint density at radius 3 is 2.59 bits per heavy atom. The van der Waals surface area contributed by atoms with Gasteiger partial charge in [0.15, 0.2) is 5.78 Å². The summed E-state index contributed by atoms with van der Waals surface area (Å²) < 4.78 is 16.1. The minimum atomic E-state index is -1.10. The summed E-state index contributed by atoms with van der Waals surface area (Å²) in [6, 6.07) is 1.08. The van der Waals surface area contributed by atoms with Crippen LogP contribution in [0.15, 0.2) is 12.2 Å². The van der Waals surface area contributed by atoms with Crippen molar-refractivity contribution >= 4 is 19.8 Å². The van der Waals surface area contributed by atoms with Gasteiger partial charge in [-0.1, -0.05) is 25.7 Å². The molecule has 1 rings (SSSR count). The van der Waals surface area contributed by atoms with E-state index >= 15 is 0 Å². The monoisotopic (exact) mass is 328 g/mol. The fraction of sp³-hybridized carbons (Fsp3) is 0.750. The Labute approximate surface area is 134 Å². The molecule has 126 valence electrons. The topological polar surface area (TPSA) is 61.8 Å². The van der Waals surface area contributed by atoms with Gasteiger partial charge in [0, 0.05) is 21.1 Å². The lowest BCUT2D eigenvalue weighted by atomic mass is 9.79. The van der Waals surface area contributed by atoms with E-state index in [0.29, 0.717) is 26.1 Å². The maximum Gasteiger partial charge on any atom is 0.318 e. The average molecular weight is 328 g/mol. The van der Waals surface area contributed by atoms with Gasteiger partial charge in [-0.3, -0.25) is 9.59 Å². The Kier molecular flexibility index (Phi) is 7.45. The van der Waals surface area contributed by atoms with Gasteiger partial charge in [0.25, 0.3) is 0 Å². The van der Waals surface area contributed by atoms with Crippen LogP contribution in [0, 0.1) is 5.41 Å². The summed E-state index contributed by atoms with van der Waals surface area (Å²) in [7, 11) is -1.10. The summed E-state index contributed by atoms with van der Waals surface area (Å²) in [5, 5.41) is 0. The Balaban J connectivity index is 2.44. The standard InChI is InChI=1S/C16H28O5Si/c1-5-21-15(18)16(8-6-14(17)7-9-16)12-20-13-19-10-11-22(2,3)4/h6,8H,5,7,9-13H2,1-4H3. The molecule has 0 fully saturated rings. The molecule has 0 aromatic heterocycles. The minimum absolute atomic E-state index is 0.0336. The van der Waals surface area contributed by atoms with Crippen molar-refractivity contribution in [2.45, 2.75) is 45.5 Å². The maximum absolute atomic E-state index is 12.2. The summed E-state index contributed by atoms with van der Waals surface area (Å²) >= 11 is 0. The molecule has 0 spiro atoms. The highest BCUT2D eigenvalue weighted by Crippen LogP contribution is 2.32. The Morgan fingerprint density at radius 1 is 1.32 bits per heavy atom. The van der Waals surface area contributed by atoms with E-state index in [1.165, 1.54) is 6.08 Å². The van der Waals surface area contributed by atoms with E-state index in [9.17, 15) is 9.59 Å². The molecule has 0 bridgehead atoms. The number of rotatable bonds is 9. The van der Waals surface area contributed by atoms with Crippen LogP contribution in [0.4, 0.5) is 0 Å². The second-order valence-corrected chi connectivity index (χ2v) is 12.5. The molecule has 5 nitrogen and oxygen atoms in total. The van der Waals surface area contributed by atoms with Crippen LogP contribution >= 0.6 is 0 Å².